The van der Waals surface area contributed by atoms with Crippen LogP contribution in [0, 0.1) is 6.92 Å². The molecule has 1 N–H and O–H groups in total. The number of fused-ring (bicyclic) bond motifs is 1. The second kappa shape index (κ2) is 3.21. The summed E-state index contributed by atoms with van der Waals surface area (Å²) in [6.07, 6.45) is 3.86. The van der Waals surface area contributed by atoms with Crippen LogP contribution in [0.15, 0.2) is 36.0 Å². The van der Waals surface area contributed by atoms with E-state index in [9.17, 15) is 0 Å². The van der Waals surface area contributed by atoms with Gasteiger partial charge in [0.15, 0.2) is 0 Å². The van der Waals surface area contributed by atoms with E-state index in [0.29, 0.717) is 0 Å². The highest BCUT2D eigenvalue weighted by Gasteiger charge is 2.07. The number of hydrogen-bond acceptors (Lipinski definition) is 2. The summed E-state index contributed by atoms with van der Waals surface area (Å²) in [5, 5.41) is 2.16. The maximum atomic E-state index is 4.40. The monoisotopic (exact) mass is 214 g/mol. The van der Waals surface area contributed by atoms with Gasteiger partial charge in [0.1, 0.15) is 0 Å². The molecule has 3 heterocycles. The molecule has 0 saturated heterocycles. The second-order valence-corrected chi connectivity index (χ2v) is 4.50. The molecular weight excluding hydrogens is 204 g/mol. The summed E-state index contributed by atoms with van der Waals surface area (Å²) in [7, 11) is 0. The fourth-order valence-corrected chi connectivity index (χ4v) is 2.63. The Morgan fingerprint density at radius 1 is 1.40 bits per heavy atom. The molecule has 0 fully saturated rings. The van der Waals surface area contributed by atoms with E-state index in [1.54, 1.807) is 11.3 Å². The van der Waals surface area contributed by atoms with Gasteiger partial charge in [-0.3, -0.25) is 4.98 Å². The van der Waals surface area contributed by atoms with Gasteiger partial charge in [0, 0.05) is 22.8 Å². The van der Waals surface area contributed by atoms with Crippen molar-refractivity contribution in [3.8, 4) is 10.4 Å². The van der Waals surface area contributed by atoms with Crippen molar-refractivity contribution in [2.45, 2.75) is 6.92 Å². The van der Waals surface area contributed by atoms with Crippen LogP contribution in [0.25, 0.3) is 21.5 Å². The molecule has 3 heteroatoms. The summed E-state index contributed by atoms with van der Waals surface area (Å²) in [5.41, 5.74) is 4.65. The van der Waals surface area contributed by atoms with Crippen LogP contribution in [-0.4, -0.2) is 9.97 Å². The third-order valence-corrected chi connectivity index (χ3v) is 3.51. The molecule has 0 unspecified atom stereocenters. The van der Waals surface area contributed by atoms with E-state index in [1.165, 1.54) is 16.0 Å². The molecule has 0 aliphatic heterocycles. The van der Waals surface area contributed by atoms with Crippen molar-refractivity contribution in [3.05, 3.63) is 41.5 Å². The van der Waals surface area contributed by atoms with Gasteiger partial charge in [-0.1, -0.05) is 0 Å². The predicted molar refractivity (Wildman–Crippen MR) is 64.1 cm³/mol. The third-order valence-electron chi connectivity index (χ3n) is 2.43. The number of rotatable bonds is 1. The summed E-state index contributed by atoms with van der Waals surface area (Å²) in [6, 6.07) is 6.19. The Morgan fingerprint density at radius 3 is 3.13 bits per heavy atom. The fourth-order valence-electron chi connectivity index (χ4n) is 1.71. The average molecular weight is 214 g/mol. The molecule has 2 nitrogen and oxygen atoms in total. The summed E-state index contributed by atoms with van der Waals surface area (Å²) < 4.78 is 0. The van der Waals surface area contributed by atoms with Gasteiger partial charge < -0.3 is 4.98 Å². The number of H-pyrrole nitrogens is 1. The first kappa shape index (κ1) is 8.68. The van der Waals surface area contributed by atoms with E-state index in [2.05, 4.69) is 28.3 Å². The number of thiophene rings is 1. The normalized spacial score (nSPS) is 11.0. The quantitative estimate of drug-likeness (QED) is 0.658. The Balaban J connectivity index is 2.27. The summed E-state index contributed by atoms with van der Waals surface area (Å²) >= 11 is 1.76. The average Bonchev–Trinajstić information content (AvgIpc) is 2.83. The van der Waals surface area contributed by atoms with E-state index in [1.807, 2.05) is 24.5 Å². The van der Waals surface area contributed by atoms with Crippen LogP contribution in [0.1, 0.15) is 5.56 Å². The summed E-state index contributed by atoms with van der Waals surface area (Å²) in [4.78, 5) is 8.92. The first-order valence-corrected chi connectivity index (χ1v) is 5.70. The highest BCUT2D eigenvalue weighted by molar-refractivity contribution is 7.13. The fraction of sp³-hybridized carbons (Fsp3) is 0.0833. The van der Waals surface area contributed by atoms with Crippen molar-refractivity contribution in [2.75, 3.05) is 0 Å². The second-order valence-electron chi connectivity index (χ2n) is 3.59. The van der Waals surface area contributed by atoms with E-state index in [-0.39, 0.29) is 0 Å². The third kappa shape index (κ3) is 1.36. The summed E-state index contributed by atoms with van der Waals surface area (Å²) in [6.45, 7) is 2.11. The number of pyridine rings is 1. The largest absolute Gasteiger partial charge is 0.359 e. The molecule has 3 aromatic rings. The minimum absolute atomic E-state index is 1.05. The van der Waals surface area contributed by atoms with Gasteiger partial charge in [-0.2, -0.15) is 0 Å². The van der Waals surface area contributed by atoms with E-state index in [4.69, 9.17) is 0 Å². The number of aryl methyl sites for hydroxylation is 1. The maximum Gasteiger partial charge on any atom is 0.0965 e. The van der Waals surface area contributed by atoms with Crippen molar-refractivity contribution in [2.24, 2.45) is 0 Å². The summed E-state index contributed by atoms with van der Waals surface area (Å²) in [5.74, 6) is 0. The maximum absolute atomic E-state index is 4.40. The number of nitrogens with one attached hydrogen (secondary N) is 1. The molecule has 0 radical (unpaired) electrons. The van der Waals surface area contributed by atoms with Crippen LogP contribution >= 0.6 is 11.3 Å². The van der Waals surface area contributed by atoms with E-state index in [0.717, 1.165) is 11.0 Å². The Hall–Kier alpha value is -1.61. The zero-order valence-electron chi connectivity index (χ0n) is 8.32. The lowest BCUT2D eigenvalue weighted by atomic mass is 10.2. The van der Waals surface area contributed by atoms with Crippen LogP contribution in [-0.2, 0) is 0 Å². The highest BCUT2D eigenvalue weighted by atomic mass is 32.1. The first-order valence-electron chi connectivity index (χ1n) is 4.82. The van der Waals surface area contributed by atoms with Gasteiger partial charge in [-0.25, -0.2) is 0 Å². The Kier molecular flexibility index (Phi) is 1.86. The van der Waals surface area contributed by atoms with E-state index >= 15 is 0 Å². The number of nitrogens with zero attached hydrogens (tertiary/aromatic N) is 1. The van der Waals surface area contributed by atoms with Crippen LogP contribution in [0.2, 0.25) is 0 Å². The van der Waals surface area contributed by atoms with Crippen LogP contribution < -0.4 is 0 Å². The van der Waals surface area contributed by atoms with Crippen molar-refractivity contribution in [1.82, 2.24) is 9.97 Å². The Bertz CT molecular complexity index is 607. The number of aromatic nitrogens is 2. The molecule has 3 rings (SSSR count). The van der Waals surface area contributed by atoms with Crippen LogP contribution in [0.3, 0.4) is 0 Å². The molecule has 74 valence electrons. The standard InChI is InChI=1S/C12H10N2S/c1-8-5-11(15-7-8)9-6-14-10-3-2-4-13-12(9)10/h2-7,14H,1H3. The van der Waals surface area contributed by atoms with Crippen LogP contribution in [0.5, 0.6) is 0 Å². The van der Waals surface area contributed by atoms with Crippen LogP contribution in [0.4, 0.5) is 0 Å². The highest BCUT2D eigenvalue weighted by Crippen LogP contribution is 2.31. The topological polar surface area (TPSA) is 28.7 Å². The minimum Gasteiger partial charge on any atom is -0.359 e. The molecule has 0 aliphatic rings. The van der Waals surface area contributed by atoms with Gasteiger partial charge >= 0.3 is 0 Å². The van der Waals surface area contributed by atoms with Gasteiger partial charge in [0.2, 0.25) is 0 Å². The van der Waals surface area contributed by atoms with Gasteiger partial charge in [-0.15, -0.1) is 11.3 Å². The van der Waals surface area contributed by atoms with Gasteiger partial charge in [0.25, 0.3) is 0 Å². The molecule has 0 amide bonds. The molecule has 0 bridgehead atoms. The molecule has 0 spiro atoms. The molecule has 0 saturated carbocycles. The lowest BCUT2D eigenvalue weighted by molar-refractivity contribution is 1.41. The van der Waals surface area contributed by atoms with Crippen molar-refractivity contribution in [1.29, 1.82) is 0 Å². The smallest absolute Gasteiger partial charge is 0.0965 e. The zero-order valence-corrected chi connectivity index (χ0v) is 9.14. The van der Waals surface area contributed by atoms with Gasteiger partial charge in [0.05, 0.1) is 11.0 Å². The SMILES string of the molecule is Cc1csc(-c2c[nH]c3cccnc23)c1. The predicted octanol–water partition coefficient (Wildman–Crippen LogP) is 3.60. The number of hydrogen-bond donors (Lipinski definition) is 1. The molecule has 0 aromatic carbocycles. The molecule has 3 aromatic heterocycles. The lowest BCUT2D eigenvalue weighted by Crippen LogP contribution is -1.74. The molecule has 0 atom stereocenters. The molecular formula is C12H10N2S. The lowest BCUT2D eigenvalue weighted by Gasteiger charge is -1.92. The Labute approximate surface area is 91.6 Å². The van der Waals surface area contributed by atoms with E-state index < -0.39 is 0 Å². The van der Waals surface area contributed by atoms with Crippen molar-refractivity contribution in [3.63, 3.8) is 0 Å². The Morgan fingerprint density at radius 2 is 2.33 bits per heavy atom. The van der Waals surface area contributed by atoms with Gasteiger partial charge in [-0.05, 0) is 36.1 Å². The number of aromatic amines is 1. The first-order chi connectivity index (χ1) is 7.34. The van der Waals surface area contributed by atoms with Crippen molar-refractivity contribution < 1.29 is 0 Å². The van der Waals surface area contributed by atoms with Crippen molar-refractivity contribution >= 4 is 22.4 Å². The molecule has 15 heavy (non-hydrogen) atoms. The zero-order chi connectivity index (χ0) is 10.3. The minimum atomic E-state index is 1.05. The molecule has 0 aliphatic carbocycles.